The number of hydrogen-bond donors (Lipinski definition) is 3. The molecular formula is C29H39N5O4. The highest BCUT2D eigenvalue weighted by atomic mass is 16.5. The molecule has 38 heavy (non-hydrogen) atoms. The van der Waals surface area contributed by atoms with Crippen LogP contribution in [0.25, 0.3) is 22.2 Å². The van der Waals surface area contributed by atoms with Crippen molar-refractivity contribution in [3.8, 4) is 17.1 Å². The number of pyridine rings is 1. The molecule has 0 spiro atoms. The molecule has 1 atom stereocenters. The van der Waals surface area contributed by atoms with E-state index in [0.717, 1.165) is 66.5 Å². The van der Waals surface area contributed by atoms with Gasteiger partial charge in [-0.15, -0.1) is 0 Å². The number of imidazole rings is 1. The summed E-state index contributed by atoms with van der Waals surface area (Å²) < 4.78 is 11.1. The van der Waals surface area contributed by atoms with Gasteiger partial charge in [0.05, 0.1) is 35.5 Å². The van der Waals surface area contributed by atoms with Crippen molar-refractivity contribution in [1.29, 1.82) is 0 Å². The summed E-state index contributed by atoms with van der Waals surface area (Å²) in [5.41, 5.74) is 2.12. The molecule has 9 heteroatoms. The summed E-state index contributed by atoms with van der Waals surface area (Å²) in [7, 11) is 3.28. The van der Waals surface area contributed by atoms with Crippen LogP contribution in [0.5, 0.6) is 5.88 Å². The van der Waals surface area contributed by atoms with Crippen LogP contribution >= 0.6 is 0 Å². The van der Waals surface area contributed by atoms with Crippen LogP contribution in [0, 0.1) is 5.41 Å². The highest BCUT2D eigenvalue weighted by Gasteiger charge is 2.35. The van der Waals surface area contributed by atoms with E-state index in [1.807, 2.05) is 37.4 Å². The number of aromatic nitrogens is 3. The van der Waals surface area contributed by atoms with Gasteiger partial charge in [-0.3, -0.25) is 9.59 Å². The first-order valence-corrected chi connectivity index (χ1v) is 13.5. The Balaban J connectivity index is 1.50. The zero-order valence-electron chi connectivity index (χ0n) is 22.6. The molecular weight excluding hydrogens is 482 g/mol. The Labute approximate surface area is 224 Å². The normalized spacial score (nSPS) is 15.7. The summed E-state index contributed by atoms with van der Waals surface area (Å²) in [6, 6.07) is 9.98. The number of amides is 2. The van der Waals surface area contributed by atoms with Crippen LogP contribution in [0.3, 0.4) is 0 Å². The molecule has 1 saturated heterocycles. The van der Waals surface area contributed by atoms with Gasteiger partial charge >= 0.3 is 0 Å². The molecule has 4 rings (SSSR count). The van der Waals surface area contributed by atoms with E-state index < -0.39 is 5.41 Å². The fourth-order valence-corrected chi connectivity index (χ4v) is 4.92. The van der Waals surface area contributed by atoms with Crippen molar-refractivity contribution in [2.75, 3.05) is 33.9 Å². The summed E-state index contributed by atoms with van der Waals surface area (Å²) in [5, 5.41) is 6.89. The zero-order chi connectivity index (χ0) is 27.0. The quantitative estimate of drug-likeness (QED) is 0.305. The van der Waals surface area contributed by atoms with E-state index in [1.54, 1.807) is 14.2 Å². The molecule has 2 amide bonds. The Hall–Kier alpha value is -3.46. The van der Waals surface area contributed by atoms with Gasteiger partial charge in [-0.2, -0.15) is 0 Å². The molecule has 0 bridgehead atoms. The van der Waals surface area contributed by atoms with Crippen molar-refractivity contribution in [3.63, 3.8) is 0 Å². The van der Waals surface area contributed by atoms with Gasteiger partial charge in [-0.1, -0.05) is 38.0 Å². The highest BCUT2D eigenvalue weighted by Crippen LogP contribution is 2.33. The number of carbonyl (C=O) groups excluding carboxylic acids is 2. The minimum atomic E-state index is -0.408. The van der Waals surface area contributed by atoms with Crippen molar-refractivity contribution < 1.29 is 19.1 Å². The predicted octanol–water partition coefficient (Wildman–Crippen LogP) is 4.35. The van der Waals surface area contributed by atoms with Crippen LogP contribution in [0.15, 0.2) is 36.5 Å². The summed E-state index contributed by atoms with van der Waals surface area (Å²) in [4.78, 5) is 37.5. The maximum atomic E-state index is 13.1. The lowest BCUT2D eigenvalue weighted by molar-refractivity contribution is -0.135. The van der Waals surface area contributed by atoms with Crippen molar-refractivity contribution in [1.82, 2.24) is 25.6 Å². The Morgan fingerprint density at radius 3 is 2.74 bits per heavy atom. The molecule has 2 aromatic heterocycles. The molecule has 204 valence electrons. The first kappa shape index (κ1) is 27.6. The number of hydrogen-bond acceptors (Lipinski definition) is 6. The molecule has 1 unspecified atom stereocenters. The Kier molecular flexibility index (Phi) is 9.33. The average Bonchev–Trinajstić information content (AvgIpc) is 3.43. The predicted molar refractivity (Wildman–Crippen MR) is 147 cm³/mol. The number of ether oxygens (including phenoxy) is 2. The molecule has 0 radical (unpaired) electrons. The third kappa shape index (κ3) is 6.69. The number of benzene rings is 1. The molecule has 3 aromatic rings. The fraction of sp³-hybridized carbons (Fsp3) is 0.517. The largest absolute Gasteiger partial charge is 0.480 e. The van der Waals surface area contributed by atoms with E-state index in [4.69, 9.17) is 14.5 Å². The van der Waals surface area contributed by atoms with Crippen molar-refractivity contribution >= 4 is 22.7 Å². The number of methoxy groups -OCH3 is 1. The fourth-order valence-electron chi connectivity index (χ4n) is 4.92. The average molecular weight is 522 g/mol. The monoisotopic (exact) mass is 521 g/mol. The number of nitrogens with zero attached hydrogens (tertiary/aromatic N) is 2. The number of aromatic amines is 1. The van der Waals surface area contributed by atoms with E-state index in [9.17, 15) is 9.59 Å². The molecule has 1 aliphatic rings. The minimum absolute atomic E-state index is 0.00977. The number of para-hydroxylation sites is 1. The number of H-pyrrole nitrogens is 1. The first-order chi connectivity index (χ1) is 18.4. The summed E-state index contributed by atoms with van der Waals surface area (Å²) in [6.45, 7) is 3.73. The van der Waals surface area contributed by atoms with Crippen LogP contribution in [0.4, 0.5) is 0 Å². The minimum Gasteiger partial charge on any atom is -0.480 e. The number of rotatable bonds is 12. The number of unbranched alkanes of at least 4 members (excludes halogenated alkanes) is 2. The van der Waals surface area contributed by atoms with Gasteiger partial charge in [0.25, 0.3) is 0 Å². The van der Waals surface area contributed by atoms with Gasteiger partial charge in [0, 0.05) is 44.5 Å². The van der Waals surface area contributed by atoms with Crippen LogP contribution in [0.1, 0.15) is 63.6 Å². The lowest BCUT2D eigenvalue weighted by Gasteiger charge is -2.32. The summed E-state index contributed by atoms with van der Waals surface area (Å²) in [6.07, 6.45) is 7.32. The molecule has 1 aliphatic heterocycles. The lowest BCUT2D eigenvalue weighted by atomic mass is 9.81. The van der Waals surface area contributed by atoms with Crippen molar-refractivity contribution in [3.05, 3.63) is 42.4 Å². The number of nitrogens with one attached hydrogen (secondary N) is 3. The van der Waals surface area contributed by atoms with Gasteiger partial charge in [0.2, 0.25) is 17.7 Å². The van der Waals surface area contributed by atoms with E-state index in [1.165, 1.54) is 0 Å². The zero-order valence-corrected chi connectivity index (χ0v) is 22.6. The summed E-state index contributed by atoms with van der Waals surface area (Å²) >= 11 is 0. The molecule has 1 aromatic carbocycles. The third-order valence-electron chi connectivity index (χ3n) is 7.54. The van der Waals surface area contributed by atoms with Crippen LogP contribution in [0.2, 0.25) is 0 Å². The molecule has 0 saturated carbocycles. The van der Waals surface area contributed by atoms with Gasteiger partial charge in [-0.05, 0) is 37.8 Å². The second-order valence-corrected chi connectivity index (χ2v) is 10.3. The van der Waals surface area contributed by atoms with Gasteiger partial charge < -0.3 is 25.1 Å². The maximum Gasteiger partial charge on any atom is 0.226 e. The van der Waals surface area contributed by atoms with E-state index in [2.05, 4.69) is 26.7 Å². The first-order valence-electron chi connectivity index (χ1n) is 13.5. The van der Waals surface area contributed by atoms with E-state index in [-0.39, 0.29) is 17.7 Å². The Bertz CT molecular complexity index is 1230. The van der Waals surface area contributed by atoms with E-state index >= 15 is 0 Å². The lowest BCUT2D eigenvalue weighted by Crippen LogP contribution is -2.44. The molecule has 9 nitrogen and oxygen atoms in total. The topological polar surface area (TPSA) is 118 Å². The Morgan fingerprint density at radius 2 is 1.97 bits per heavy atom. The second kappa shape index (κ2) is 12.9. The second-order valence-electron chi connectivity index (χ2n) is 10.3. The smallest absolute Gasteiger partial charge is 0.226 e. The maximum absolute atomic E-state index is 13.1. The van der Waals surface area contributed by atoms with Crippen LogP contribution in [-0.2, 0) is 14.3 Å². The molecule has 3 N–H and O–H groups in total. The molecule has 3 heterocycles. The number of fused-ring (bicyclic) bond motifs is 1. The van der Waals surface area contributed by atoms with E-state index in [0.29, 0.717) is 32.1 Å². The van der Waals surface area contributed by atoms with Gasteiger partial charge in [-0.25, -0.2) is 9.97 Å². The van der Waals surface area contributed by atoms with Crippen molar-refractivity contribution in [2.45, 2.75) is 57.8 Å². The SMILES string of the molecule is CNC(=O)CCCCCC(CNC(=O)C1(C)CCOCC1)c1ncc(-c2cc3ccccc3nc2OC)[nH]1. The third-order valence-corrected chi connectivity index (χ3v) is 7.54. The molecule has 0 aliphatic carbocycles. The van der Waals surface area contributed by atoms with Gasteiger partial charge in [0.1, 0.15) is 5.82 Å². The standard InChI is InChI=1S/C29H39N5O4/c1-29(13-15-38-16-14-29)28(36)32-18-21(10-5-4-6-12-25(35)30-2)26-31-19-24(33-26)22-17-20-9-7-8-11-23(20)34-27(22)37-3/h7-9,11,17,19,21H,4-6,10,12-16,18H2,1-3H3,(H,30,35)(H,31,33)(H,32,36). The van der Waals surface area contributed by atoms with Crippen LogP contribution < -0.4 is 15.4 Å². The molecule has 1 fully saturated rings. The van der Waals surface area contributed by atoms with Gasteiger partial charge in [0.15, 0.2) is 0 Å². The Morgan fingerprint density at radius 1 is 1.18 bits per heavy atom. The highest BCUT2D eigenvalue weighted by molar-refractivity contribution is 5.85. The van der Waals surface area contributed by atoms with Crippen LogP contribution in [-0.4, -0.2) is 60.7 Å². The van der Waals surface area contributed by atoms with Crippen molar-refractivity contribution in [2.24, 2.45) is 5.41 Å². The number of carbonyl (C=O) groups is 2. The summed E-state index contributed by atoms with van der Waals surface area (Å²) in [5.74, 6) is 1.49.